The molecule has 0 radical (unpaired) electrons. The zero-order valence-corrected chi connectivity index (χ0v) is 10.9. The number of hydrogen-bond acceptors (Lipinski definition) is 5. The number of aliphatic hydroxyl groups is 1. The SMILES string of the molecule is CCC(C)(O)CNc1cc(NC)cc([N+](=O)[O-])c1. The Morgan fingerprint density at radius 3 is 2.50 bits per heavy atom. The van der Waals surface area contributed by atoms with Crippen molar-refractivity contribution < 1.29 is 10.0 Å². The highest BCUT2D eigenvalue weighted by Gasteiger charge is 2.17. The zero-order valence-electron chi connectivity index (χ0n) is 10.9. The molecule has 0 spiro atoms. The summed E-state index contributed by atoms with van der Waals surface area (Å²) in [6.45, 7) is 3.94. The van der Waals surface area contributed by atoms with Gasteiger partial charge in [0.25, 0.3) is 5.69 Å². The topological polar surface area (TPSA) is 87.4 Å². The van der Waals surface area contributed by atoms with Crippen LogP contribution in [0.4, 0.5) is 17.1 Å². The Kier molecular flexibility index (Phi) is 4.49. The van der Waals surface area contributed by atoms with Crippen molar-refractivity contribution >= 4 is 17.1 Å². The summed E-state index contributed by atoms with van der Waals surface area (Å²) in [6, 6.07) is 4.68. The maximum Gasteiger partial charge on any atom is 0.273 e. The maximum absolute atomic E-state index is 10.8. The Balaban J connectivity index is 2.88. The average Bonchev–Trinajstić information content (AvgIpc) is 2.36. The van der Waals surface area contributed by atoms with E-state index in [0.29, 0.717) is 24.3 Å². The molecule has 0 saturated carbocycles. The molecule has 18 heavy (non-hydrogen) atoms. The van der Waals surface area contributed by atoms with Crippen LogP contribution in [0.15, 0.2) is 18.2 Å². The van der Waals surface area contributed by atoms with Gasteiger partial charge in [-0.25, -0.2) is 0 Å². The van der Waals surface area contributed by atoms with E-state index >= 15 is 0 Å². The number of non-ortho nitro benzene ring substituents is 1. The van der Waals surface area contributed by atoms with Gasteiger partial charge in [0.15, 0.2) is 0 Å². The predicted octanol–water partition coefficient (Wildman–Crippen LogP) is 2.21. The van der Waals surface area contributed by atoms with E-state index in [9.17, 15) is 15.2 Å². The molecule has 1 unspecified atom stereocenters. The van der Waals surface area contributed by atoms with Gasteiger partial charge >= 0.3 is 0 Å². The Bertz CT molecular complexity index is 433. The first kappa shape index (κ1) is 14.2. The predicted molar refractivity (Wildman–Crippen MR) is 72.0 cm³/mol. The molecular weight excluding hydrogens is 234 g/mol. The molecule has 0 aromatic heterocycles. The molecule has 0 heterocycles. The van der Waals surface area contributed by atoms with Gasteiger partial charge in [0, 0.05) is 37.1 Å². The van der Waals surface area contributed by atoms with E-state index in [1.165, 1.54) is 12.1 Å². The van der Waals surface area contributed by atoms with Crippen molar-refractivity contribution in [3.8, 4) is 0 Å². The van der Waals surface area contributed by atoms with Crippen LogP contribution >= 0.6 is 0 Å². The van der Waals surface area contributed by atoms with Crippen LogP contribution in [-0.2, 0) is 0 Å². The fourth-order valence-corrected chi connectivity index (χ4v) is 1.38. The number of nitrogens with one attached hydrogen (secondary N) is 2. The van der Waals surface area contributed by atoms with Gasteiger partial charge in [-0.05, 0) is 19.4 Å². The molecule has 1 aromatic carbocycles. The van der Waals surface area contributed by atoms with Gasteiger partial charge < -0.3 is 15.7 Å². The summed E-state index contributed by atoms with van der Waals surface area (Å²) in [5.41, 5.74) is 0.454. The van der Waals surface area contributed by atoms with Gasteiger partial charge in [0.05, 0.1) is 10.5 Å². The summed E-state index contributed by atoms with van der Waals surface area (Å²) < 4.78 is 0. The number of benzene rings is 1. The number of nitrogens with zero attached hydrogens (tertiary/aromatic N) is 1. The first-order valence-corrected chi connectivity index (χ1v) is 5.81. The lowest BCUT2D eigenvalue weighted by molar-refractivity contribution is -0.384. The first-order valence-electron chi connectivity index (χ1n) is 5.81. The zero-order chi connectivity index (χ0) is 13.8. The number of hydrogen-bond donors (Lipinski definition) is 3. The van der Waals surface area contributed by atoms with Crippen LogP contribution in [-0.4, -0.2) is 29.2 Å². The van der Waals surface area contributed by atoms with Crippen molar-refractivity contribution in [2.45, 2.75) is 25.9 Å². The van der Waals surface area contributed by atoms with Gasteiger partial charge in [0.1, 0.15) is 0 Å². The van der Waals surface area contributed by atoms with Crippen LogP contribution in [0.2, 0.25) is 0 Å². The molecule has 1 aromatic rings. The molecule has 0 aliphatic carbocycles. The third-order valence-corrected chi connectivity index (χ3v) is 2.85. The van der Waals surface area contributed by atoms with Crippen molar-refractivity contribution in [1.82, 2.24) is 0 Å². The van der Waals surface area contributed by atoms with E-state index in [4.69, 9.17) is 0 Å². The molecule has 0 amide bonds. The minimum absolute atomic E-state index is 0.0143. The molecule has 0 bridgehead atoms. The van der Waals surface area contributed by atoms with E-state index in [2.05, 4.69) is 10.6 Å². The molecule has 6 nitrogen and oxygen atoms in total. The molecule has 0 aliphatic heterocycles. The molecule has 6 heteroatoms. The van der Waals surface area contributed by atoms with E-state index in [0.717, 1.165) is 0 Å². The third-order valence-electron chi connectivity index (χ3n) is 2.85. The minimum atomic E-state index is -0.829. The molecule has 0 saturated heterocycles. The highest BCUT2D eigenvalue weighted by atomic mass is 16.6. The summed E-state index contributed by atoms with van der Waals surface area (Å²) in [5.74, 6) is 0. The van der Waals surface area contributed by atoms with E-state index in [-0.39, 0.29) is 5.69 Å². The van der Waals surface area contributed by atoms with Gasteiger partial charge in [0.2, 0.25) is 0 Å². The van der Waals surface area contributed by atoms with Crippen LogP contribution in [0.3, 0.4) is 0 Å². The number of nitro benzene ring substituents is 1. The van der Waals surface area contributed by atoms with Crippen molar-refractivity contribution in [2.24, 2.45) is 0 Å². The van der Waals surface area contributed by atoms with Crippen LogP contribution in [0.1, 0.15) is 20.3 Å². The summed E-state index contributed by atoms with van der Waals surface area (Å²) >= 11 is 0. The molecule has 3 N–H and O–H groups in total. The van der Waals surface area contributed by atoms with E-state index in [1.54, 1.807) is 20.0 Å². The molecule has 100 valence electrons. The fourth-order valence-electron chi connectivity index (χ4n) is 1.38. The van der Waals surface area contributed by atoms with E-state index < -0.39 is 10.5 Å². The average molecular weight is 253 g/mol. The van der Waals surface area contributed by atoms with Gasteiger partial charge in [-0.3, -0.25) is 10.1 Å². The third kappa shape index (κ3) is 3.89. The highest BCUT2D eigenvalue weighted by Crippen LogP contribution is 2.24. The van der Waals surface area contributed by atoms with E-state index in [1.807, 2.05) is 6.92 Å². The standard InChI is InChI=1S/C12H19N3O3/c1-4-12(2,16)8-14-10-5-9(13-3)6-11(7-10)15(17)18/h5-7,13-14,16H,4,8H2,1-3H3. The smallest absolute Gasteiger partial charge is 0.273 e. The Hall–Kier alpha value is -1.82. The summed E-state index contributed by atoms with van der Waals surface area (Å²) in [7, 11) is 1.70. The number of anilines is 2. The lowest BCUT2D eigenvalue weighted by Gasteiger charge is -2.22. The number of nitro groups is 1. The van der Waals surface area contributed by atoms with Crippen molar-refractivity contribution in [3.05, 3.63) is 28.3 Å². The summed E-state index contributed by atoms with van der Waals surface area (Å²) in [5, 5.41) is 26.5. The molecular formula is C12H19N3O3. The quantitative estimate of drug-likeness (QED) is 0.534. The summed E-state index contributed by atoms with van der Waals surface area (Å²) in [6.07, 6.45) is 0.605. The van der Waals surface area contributed by atoms with Crippen LogP contribution < -0.4 is 10.6 Å². The summed E-state index contributed by atoms with van der Waals surface area (Å²) in [4.78, 5) is 10.3. The van der Waals surface area contributed by atoms with Crippen molar-refractivity contribution in [3.63, 3.8) is 0 Å². The Labute approximate surface area is 106 Å². The second-order valence-electron chi connectivity index (χ2n) is 4.48. The monoisotopic (exact) mass is 253 g/mol. The molecule has 1 rings (SSSR count). The van der Waals surface area contributed by atoms with Crippen LogP contribution in [0, 0.1) is 10.1 Å². The molecule has 0 aliphatic rings. The van der Waals surface area contributed by atoms with Gasteiger partial charge in [-0.2, -0.15) is 0 Å². The van der Waals surface area contributed by atoms with Crippen LogP contribution in [0.5, 0.6) is 0 Å². The van der Waals surface area contributed by atoms with Crippen molar-refractivity contribution in [2.75, 3.05) is 24.2 Å². The van der Waals surface area contributed by atoms with Crippen molar-refractivity contribution in [1.29, 1.82) is 0 Å². The lowest BCUT2D eigenvalue weighted by Crippen LogP contribution is -2.32. The Morgan fingerprint density at radius 1 is 1.39 bits per heavy atom. The second-order valence-corrected chi connectivity index (χ2v) is 4.48. The maximum atomic E-state index is 10.8. The number of rotatable bonds is 6. The van der Waals surface area contributed by atoms with Gasteiger partial charge in [-0.1, -0.05) is 6.92 Å². The molecule has 1 atom stereocenters. The second kappa shape index (κ2) is 5.68. The fraction of sp³-hybridized carbons (Fsp3) is 0.500. The lowest BCUT2D eigenvalue weighted by atomic mass is 10.0. The molecule has 0 fully saturated rings. The highest BCUT2D eigenvalue weighted by molar-refractivity contribution is 5.63. The minimum Gasteiger partial charge on any atom is -0.388 e. The Morgan fingerprint density at radius 2 is 2.00 bits per heavy atom. The van der Waals surface area contributed by atoms with Gasteiger partial charge in [-0.15, -0.1) is 0 Å². The van der Waals surface area contributed by atoms with Crippen LogP contribution in [0.25, 0.3) is 0 Å². The first-order chi connectivity index (χ1) is 8.38. The largest absolute Gasteiger partial charge is 0.388 e. The normalized spacial score (nSPS) is 13.8.